The molecule has 0 bridgehead atoms. The van der Waals surface area contributed by atoms with Gasteiger partial charge in [-0.3, -0.25) is 14.6 Å². The molecule has 0 unspecified atom stereocenters. The lowest BCUT2D eigenvalue weighted by atomic mass is 9.85. The van der Waals surface area contributed by atoms with Gasteiger partial charge in [0.05, 0.1) is 10.6 Å². The van der Waals surface area contributed by atoms with Gasteiger partial charge >= 0.3 is 0 Å². The maximum absolute atomic E-state index is 15.3. The Morgan fingerprint density at radius 2 is 2.11 bits per heavy atom. The molecule has 1 aromatic heterocycles. The topological polar surface area (TPSA) is 47.0 Å². The predicted octanol–water partition coefficient (Wildman–Crippen LogP) is 6.30. The molecule has 0 saturated carbocycles. The fourth-order valence-corrected chi connectivity index (χ4v) is 3.89. The van der Waals surface area contributed by atoms with Gasteiger partial charge in [0.1, 0.15) is 5.82 Å². The number of hydrogen-bond acceptors (Lipinski definition) is 3. The zero-order valence-corrected chi connectivity index (χ0v) is 16.6. The third kappa shape index (κ3) is 4.39. The third-order valence-corrected chi connectivity index (χ3v) is 5.60. The largest absolute Gasteiger partial charge is 0.295 e. The lowest BCUT2D eigenvalue weighted by Gasteiger charge is -2.19. The van der Waals surface area contributed by atoms with Gasteiger partial charge in [0, 0.05) is 25.8 Å². The van der Waals surface area contributed by atoms with Crippen molar-refractivity contribution >= 4 is 23.2 Å². The van der Waals surface area contributed by atoms with Gasteiger partial charge < -0.3 is 0 Å². The van der Waals surface area contributed by atoms with Crippen molar-refractivity contribution in [1.29, 1.82) is 0 Å². The van der Waals surface area contributed by atoms with Crippen LogP contribution in [0.1, 0.15) is 74.3 Å². The third-order valence-electron chi connectivity index (χ3n) is 5.29. The molecular formula is C23H25ClFNO2. The Morgan fingerprint density at radius 1 is 1.29 bits per heavy atom. The highest BCUT2D eigenvalue weighted by atomic mass is 35.5. The van der Waals surface area contributed by atoms with Crippen molar-refractivity contribution in [3.8, 4) is 0 Å². The number of rotatable bonds is 7. The van der Waals surface area contributed by atoms with E-state index < -0.39 is 11.6 Å². The average molecular weight is 402 g/mol. The Balaban J connectivity index is 0.00000300. The Hall–Kier alpha value is -2.33. The van der Waals surface area contributed by atoms with Crippen molar-refractivity contribution in [2.45, 2.75) is 51.4 Å². The van der Waals surface area contributed by atoms with Gasteiger partial charge in [-0.2, -0.15) is 0 Å². The van der Waals surface area contributed by atoms with Gasteiger partial charge in [-0.1, -0.05) is 30.7 Å². The highest BCUT2D eigenvalue weighted by molar-refractivity contribution is 6.35. The number of hydrogen-bond donors (Lipinski definition) is 0. The van der Waals surface area contributed by atoms with Crippen LogP contribution in [0, 0.1) is 5.82 Å². The zero-order valence-electron chi connectivity index (χ0n) is 15.9. The summed E-state index contributed by atoms with van der Waals surface area (Å²) < 4.78 is 15.3. The number of halogens is 2. The van der Waals surface area contributed by atoms with Crippen molar-refractivity contribution in [2.24, 2.45) is 0 Å². The smallest absolute Gasteiger partial charge is 0.199 e. The molecule has 1 aliphatic carbocycles. The predicted molar refractivity (Wildman–Crippen MR) is 110 cm³/mol. The molecule has 0 saturated heterocycles. The number of allylic oxidation sites excluding steroid dienone is 2. The highest BCUT2D eigenvalue weighted by Crippen LogP contribution is 2.33. The summed E-state index contributed by atoms with van der Waals surface area (Å²) in [5, 5.41) is 0.0614. The Labute approximate surface area is 171 Å². The number of pyridine rings is 1. The first-order valence-electron chi connectivity index (χ1n) is 9.67. The van der Waals surface area contributed by atoms with E-state index in [2.05, 4.69) is 4.98 Å². The van der Waals surface area contributed by atoms with Crippen molar-refractivity contribution < 1.29 is 15.4 Å². The summed E-state index contributed by atoms with van der Waals surface area (Å²) in [5.74, 6) is -1.37. The summed E-state index contributed by atoms with van der Waals surface area (Å²) in [6.45, 7) is 1.92. The van der Waals surface area contributed by atoms with Crippen LogP contribution in [-0.2, 0) is 4.79 Å². The molecule has 0 N–H and O–H groups in total. The first-order valence-corrected chi connectivity index (χ1v) is 10.1. The van der Waals surface area contributed by atoms with E-state index in [9.17, 15) is 9.59 Å². The first kappa shape index (κ1) is 20.4. The molecule has 1 aromatic carbocycles. The molecule has 1 heterocycles. The summed E-state index contributed by atoms with van der Waals surface area (Å²) in [4.78, 5) is 29.4. The van der Waals surface area contributed by atoms with E-state index in [1.807, 2.05) is 13.0 Å². The first-order chi connectivity index (χ1) is 13.5. The van der Waals surface area contributed by atoms with Crippen molar-refractivity contribution in [2.75, 3.05) is 0 Å². The lowest BCUT2D eigenvalue weighted by Crippen LogP contribution is -2.14. The lowest BCUT2D eigenvalue weighted by molar-refractivity contribution is -0.116. The molecule has 1 aliphatic rings. The SMILES string of the molecule is CC[C@H](CC(=O)C1=CCCCC1)c1ccc(Cl)c(C(=O)c2cccnc2)c1F.[HH]. The Morgan fingerprint density at radius 3 is 2.75 bits per heavy atom. The van der Waals surface area contributed by atoms with Crippen LogP contribution in [0.4, 0.5) is 4.39 Å². The van der Waals surface area contributed by atoms with Crippen molar-refractivity contribution in [3.63, 3.8) is 0 Å². The van der Waals surface area contributed by atoms with E-state index in [4.69, 9.17) is 11.6 Å². The van der Waals surface area contributed by atoms with E-state index in [0.29, 0.717) is 12.0 Å². The normalized spacial score (nSPS) is 15.0. The second-order valence-corrected chi connectivity index (χ2v) is 7.51. The van der Waals surface area contributed by atoms with Crippen molar-refractivity contribution in [1.82, 2.24) is 4.98 Å². The molecular weight excluding hydrogens is 377 g/mol. The summed E-state index contributed by atoms with van der Waals surface area (Å²) in [6.07, 6.45) is 9.63. The molecule has 3 nitrogen and oxygen atoms in total. The maximum atomic E-state index is 15.3. The molecule has 5 heteroatoms. The van der Waals surface area contributed by atoms with Crippen LogP contribution < -0.4 is 0 Å². The standard InChI is InChI=1S/C23H23ClFNO2.H2/c1-2-15(13-20(27)16-7-4-3-5-8-16)18-10-11-19(24)21(22(18)25)23(28)17-9-6-12-26-14-17;/h6-7,9-12,14-15H,2-5,8,13H2,1H3;1H/t15-;/m1./s1. The molecule has 2 aromatic rings. The molecule has 148 valence electrons. The fourth-order valence-electron chi connectivity index (χ4n) is 3.65. The quantitative estimate of drug-likeness (QED) is 0.511. The molecule has 3 rings (SSSR count). The van der Waals surface area contributed by atoms with Crippen LogP contribution in [0.3, 0.4) is 0 Å². The molecule has 0 aliphatic heterocycles. The fraction of sp³-hybridized carbons (Fsp3) is 0.348. The van der Waals surface area contributed by atoms with E-state index in [-0.39, 0.29) is 35.7 Å². The molecule has 0 spiro atoms. The van der Waals surface area contributed by atoms with E-state index in [0.717, 1.165) is 31.3 Å². The molecule has 0 amide bonds. The molecule has 1 atom stereocenters. The number of carbonyl (C=O) groups excluding carboxylic acids is 2. The minimum absolute atomic E-state index is 0. The highest BCUT2D eigenvalue weighted by Gasteiger charge is 2.26. The second kappa shape index (κ2) is 9.24. The van der Waals surface area contributed by atoms with Crippen LogP contribution >= 0.6 is 11.6 Å². The van der Waals surface area contributed by atoms with Gasteiger partial charge in [0.2, 0.25) is 0 Å². The van der Waals surface area contributed by atoms with Gasteiger partial charge in [0.25, 0.3) is 0 Å². The number of Topliss-reactive ketones (excluding diaryl/α,β-unsaturated/α-hetero) is 1. The molecule has 0 fully saturated rings. The van der Waals surface area contributed by atoms with Gasteiger partial charge in [-0.25, -0.2) is 4.39 Å². The molecule has 0 radical (unpaired) electrons. The van der Waals surface area contributed by atoms with Crippen LogP contribution in [0.2, 0.25) is 5.02 Å². The summed E-state index contributed by atoms with van der Waals surface area (Å²) in [6, 6.07) is 6.33. The molecule has 28 heavy (non-hydrogen) atoms. The zero-order chi connectivity index (χ0) is 20.1. The van der Waals surface area contributed by atoms with Gasteiger partial charge in [0.15, 0.2) is 11.6 Å². The van der Waals surface area contributed by atoms with Crippen molar-refractivity contribution in [3.05, 3.63) is 75.8 Å². The van der Waals surface area contributed by atoms with Crippen LogP contribution in [0.15, 0.2) is 48.3 Å². The Kier molecular flexibility index (Phi) is 6.74. The average Bonchev–Trinajstić information content (AvgIpc) is 2.73. The van der Waals surface area contributed by atoms with E-state index in [1.165, 1.54) is 12.3 Å². The number of benzene rings is 1. The van der Waals surface area contributed by atoms with Gasteiger partial charge in [-0.15, -0.1) is 0 Å². The monoisotopic (exact) mass is 401 g/mol. The van der Waals surface area contributed by atoms with E-state index >= 15 is 4.39 Å². The number of carbonyl (C=O) groups is 2. The maximum Gasteiger partial charge on any atom is 0.199 e. The summed E-state index contributed by atoms with van der Waals surface area (Å²) >= 11 is 6.16. The minimum atomic E-state index is -0.640. The summed E-state index contributed by atoms with van der Waals surface area (Å²) in [5.41, 5.74) is 1.33. The van der Waals surface area contributed by atoms with Crippen LogP contribution in [0.25, 0.3) is 0 Å². The van der Waals surface area contributed by atoms with Crippen LogP contribution in [0.5, 0.6) is 0 Å². The second-order valence-electron chi connectivity index (χ2n) is 7.10. The summed E-state index contributed by atoms with van der Waals surface area (Å²) in [7, 11) is 0. The van der Waals surface area contributed by atoms with Crippen LogP contribution in [-0.4, -0.2) is 16.6 Å². The van der Waals surface area contributed by atoms with Gasteiger partial charge in [-0.05, 0) is 67.4 Å². The van der Waals surface area contributed by atoms with E-state index in [1.54, 1.807) is 24.4 Å². The number of ketones is 2. The number of aromatic nitrogens is 1. The Bertz CT molecular complexity index is 915. The number of nitrogens with zero attached hydrogens (tertiary/aromatic N) is 1. The minimum Gasteiger partial charge on any atom is -0.295 e.